The number of rotatable bonds is 4. The molecule has 0 aromatic carbocycles. The third kappa shape index (κ3) is 3.42. The van der Waals surface area contributed by atoms with Crippen molar-refractivity contribution in [2.45, 2.75) is 18.4 Å². The van der Waals surface area contributed by atoms with Gasteiger partial charge in [-0.3, -0.25) is 14.3 Å². The van der Waals surface area contributed by atoms with Crippen LogP contribution in [-0.2, 0) is 19.9 Å². The molecule has 2 rings (SSSR count). The first kappa shape index (κ1) is 15.1. The van der Waals surface area contributed by atoms with Crippen LogP contribution < -0.4 is 11.2 Å². The quantitative estimate of drug-likeness (QED) is 0.470. The van der Waals surface area contributed by atoms with Crippen LogP contribution in [0.1, 0.15) is 6.42 Å². The molecular formula is C9H13N2O8P. The van der Waals surface area contributed by atoms with Crippen molar-refractivity contribution in [1.29, 1.82) is 0 Å². The Balaban J connectivity index is 2.12. The fourth-order valence-electron chi connectivity index (χ4n) is 1.81. The number of H-pyrrole nitrogens is 1. The van der Waals surface area contributed by atoms with Crippen LogP contribution in [0.15, 0.2) is 21.9 Å². The van der Waals surface area contributed by atoms with E-state index in [0.29, 0.717) is 0 Å². The molecule has 2 heterocycles. The normalized spacial score (nSPS) is 26.9. The summed E-state index contributed by atoms with van der Waals surface area (Å²) in [5, 5.41) is 10.2. The maximum absolute atomic E-state index is 11.6. The van der Waals surface area contributed by atoms with Crippen LogP contribution in [0.25, 0.3) is 0 Å². The molecule has 1 saturated heterocycles. The van der Waals surface area contributed by atoms with E-state index in [2.05, 4.69) is 0 Å². The molecule has 2 atom stereocenters. The molecule has 10 nitrogen and oxygen atoms in total. The minimum Gasteiger partial charge on any atom is -0.363 e. The summed E-state index contributed by atoms with van der Waals surface area (Å²) in [7, 11) is -4.32. The first-order valence-corrected chi connectivity index (χ1v) is 7.34. The van der Waals surface area contributed by atoms with E-state index in [4.69, 9.17) is 19.3 Å². The van der Waals surface area contributed by atoms with Gasteiger partial charge >= 0.3 is 13.3 Å². The SMILES string of the molecule is O=c1ccn([C@@]2(O)C[C@H](OCP(=O)(O)O)CO2)c(=O)[nH]1. The summed E-state index contributed by atoms with van der Waals surface area (Å²) < 4.78 is 21.4. The van der Waals surface area contributed by atoms with E-state index in [-0.39, 0.29) is 13.0 Å². The van der Waals surface area contributed by atoms with Crippen molar-refractivity contribution < 1.29 is 28.9 Å². The molecule has 1 aromatic heterocycles. The Kier molecular flexibility index (Phi) is 3.96. The molecule has 20 heavy (non-hydrogen) atoms. The van der Waals surface area contributed by atoms with Gasteiger partial charge in [0, 0.05) is 12.3 Å². The number of aliphatic hydroxyl groups is 1. The van der Waals surface area contributed by atoms with Crippen LogP contribution in [0.5, 0.6) is 0 Å². The average Bonchev–Trinajstić information content (AvgIpc) is 2.68. The van der Waals surface area contributed by atoms with Gasteiger partial charge in [0.2, 0.25) is 0 Å². The Morgan fingerprint density at radius 2 is 2.25 bits per heavy atom. The maximum Gasteiger partial charge on any atom is 0.350 e. The highest BCUT2D eigenvalue weighted by Gasteiger charge is 2.42. The minimum atomic E-state index is -4.32. The lowest BCUT2D eigenvalue weighted by Gasteiger charge is -2.23. The Labute approximate surface area is 111 Å². The Morgan fingerprint density at radius 3 is 2.85 bits per heavy atom. The van der Waals surface area contributed by atoms with E-state index in [1.54, 1.807) is 0 Å². The van der Waals surface area contributed by atoms with Crippen molar-refractivity contribution in [3.05, 3.63) is 33.1 Å². The number of aromatic amines is 1. The summed E-state index contributed by atoms with van der Waals surface area (Å²) in [6.45, 7) is -0.151. The zero-order chi connectivity index (χ0) is 15.0. The summed E-state index contributed by atoms with van der Waals surface area (Å²) in [6, 6.07) is 1.03. The van der Waals surface area contributed by atoms with E-state index in [9.17, 15) is 19.3 Å². The van der Waals surface area contributed by atoms with Gasteiger partial charge in [0.15, 0.2) is 0 Å². The molecule has 112 valence electrons. The highest BCUT2D eigenvalue weighted by molar-refractivity contribution is 7.51. The topological polar surface area (TPSA) is 151 Å². The molecule has 0 unspecified atom stereocenters. The molecular weight excluding hydrogens is 295 g/mol. The summed E-state index contributed by atoms with van der Waals surface area (Å²) in [5.41, 5.74) is -1.49. The lowest BCUT2D eigenvalue weighted by atomic mass is 10.2. The predicted octanol–water partition coefficient (Wildman–Crippen LogP) is -1.92. The van der Waals surface area contributed by atoms with Crippen LogP contribution in [0.2, 0.25) is 0 Å². The first-order chi connectivity index (χ1) is 9.20. The molecule has 0 bridgehead atoms. The zero-order valence-electron chi connectivity index (χ0n) is 10.1. The Hall–Kier alpha value is -1.29. The predicted molar refractivity (Wildman–Crippen MR) is 63.9 cm³/mol. The molecule has 0 saturated carbocycles. The fraction of sp³-hybridized carbons (Fsp3) is 0.556. The van der Waals surface area contributed by atoms with Gasteiger partial charge in [0.25, 0.3) is 11.5 Å². The van der Waals surface area contributed by atoms with Crippen LogP contribution in [0.3, 0.4) is 0 Å². The Bertz CT molecular complexity index is 648. The summed E-state index contributed by atoms with van der Waals surface area (Å²) in [4.78, 5) is 41.8. The van der Waals surface area contributed by atoms with Gasteiger partial charge in [0.05, 0.1) is 19.1 Å². The Morgan fingerprint density at radius 1 is 1.55 bits per heavy atom. The molecule has 4 N–H and O–H groups in total. The number of hydrogen-bond acceptors (Lipinski definition) is 6. The van der Waals surface area contributed by atoms with Crippen molar-refractivity contribution in [3.63, 3.8) is 0 Å². The molecule has 1 aromatic rings. The maximum atomic E-state index is 11.6. The molecule has 0 radical (unpaired) electrons. The van der Waals surface area contributed by atoms with Gasteiger partial charge in [-0.25, -0.2) is 9.36 Å². The van der Waals surface area contributed by atoms with Crippen molar-refractivity contribution in [1.82, 2.24) is 9.55 Å². The second-order valence-electron chi connectivity index (χ2n) is 4.32. The van der Waals surface area contributed by atoms with E-state index >= 15 is 0 Å². The second-order valence-corrected chi connectivity index (χ2v) is 5.91. The van der Waals surface area contributed by atoms with Crippen molar-refractivity contribution >= 4 is 7.60 Å². The van der Waals surface area contributed by atoms with Gasteiger partial charge in [-0.05, 0) is 0 Å². The van der Waals surface area contributed by atoms with Crippen molar-refractivity contribution in [2.24, 2.45) is 0 Å². The third-order valence-electron chi connectivity index (χ3n) is 2.67. The molecule has 1 aliphatic rings. The smallest absolute Gasteiger partial charge is 0.350 e. The molecule has 11 heteroatoms. The van der Waals surface area contributed by atoms with Crippen molar-refractivity contribution in [2.75, 3.05) is 13.0 Å². The van der Waals surface area contributed by atoms with E-state index in [0.717, 1.165) is 16.8 Å². The standard InChI is InChI=1S/C9H13N2O8P/c12-7-1-2-11(8(13)10-7)9(14)3-6(4-19-9)18-5-20(15,16)17/h1-2,6,14H,3-5H2,(H,10,12,13)(H2,15,16,17)/t6-,9+/m0/s1. The second kappa shape index (κ2) is 5.24. The zero-order valence-corrected chi connectivity index (χ0v) is 11.0. The van der Waals surface area contributed by atoms with Crippen LogP contribution in [0, 0.1) is 0 Å². The van der Waals surface area contributed by atoms with E-state index in [1.165, 1.54) is 0 Å². The highest BCUT2D eigenvalue weighted by atomic mass is 31.2. The van der Waals surface area contributed by atoms with E-state index < -0.39 is 37.2 Å². The van der Waals surface area contributed by atoms with Crippen molar-refractivity contribution in [3.8, 4) is 0 Å². The first-order valence-electron chi connectivity index (χ1n) is 5.55. The number of hydrogen-bond donors (Lipinski definition) is 4. The number of aromatic nitrogens is 2. The number of nitrogens with zero attached hydrogens (tertiary/aromatic N) is 1. The third-order valence-corrected chi connectivity index (χ3v) is 3.16. The molecule has 0 amide bonds. The van der Waals surface area contributed by atoms with Gasteiger partial charge < -0.3 is 24.4 Å². The average molecular weight is 308 g/mol. The van der Waals surface area contributed by atoms with Crippen LogP contribution >= 0.6 is 7.60 Å². The fourth-order valence-corrected chi connectivity index (χ4v) is 2.22. The van der Waals surface area contributed by atoms with Crippen LogP contribution in [0.4, 0.5) is 0 Å². The largest absolute Gasteiger partial charge is 0.363 e. The van der Waals surface area contributed by atoms with Gasteiger partial charge in [-0.15, -0.1) is 0 Å². The molecule has 0 aliphatic carbocycles. The molecule has 1 aliphatic heterocycles. The number of ether oxygens (including phenoxy) is 2. The van der Waals surface area contributed by atoms with Crippen LogP contribution in [-0.4, -0.2) is 43.5 Å². The summed E-state index contributed by atoms with van der Waals surface area (Å²) >= 11 is 0. The van der Waals surface area contributed by atoms with Gasteiger partial charge in [-0.2, -0.15) is 0 Å². The molecule has 1 fully saturated rings. The minimum absolute atomic E-state index is 0.151. The monoisotopic (exact) mass is 308 g/mol. The highest BCUT2D eigenvalue weighted by Crippen LogP contribution is 2.36. The van der Waals surface area contributed by atoms with E-state index in [1.807, 2.05) is 4.98 Å². The summed E-state index contributed by atoms with van der Waals surface area (Å²) in [6.07, 6.45) is -0.741. The summed E-state index contributed by atoms with van der Waals surface area (Å²) in [5.74, 6) is -2.03. The lowest BCUT2D eigenvalue weighted by molar-refractivity contribution is -0.237. The number of nitrogens with one attached hydrogen (secondary N) is 1. The van der Waals surface area contributed by atoms with Gasteiger partial charge in [-0.1, -0.05) is 0 Å². The van der Waals surface area contributed by atoms with Gasteiger partial charge in [0.1, 0.15) is 6.35 Å². The lowest BCUT2D eigenvalue weighted by Crippen LogP contribution is -2.43. The molecule has 0 spiro atoms.